The van der Waals surface area contributed by atoms with Crippen LogP contribution in [-0.4, -0.2) is 29.9 Å². The van der Waals surface area contributed by atoms with Crippen molar-refractivity contribution in [1.82, 2.24) is 4.98 Å². The number of halogens is 1. The molecule has 0 bridgehead atoms. The maximum absolute atomic E-state index is 14.3. The van der Waals surface area contributed by atoms with E-state index < -0.39 is 11.2 Å². The van der Waals surface area contributed by atoms with Crippen LogP contribution >= 0.6 is 0 Å². The Morgan fingerprint density at radius 1 is 1.08 bits per heavy atom. The van der Waals surface area contributed by atoms with Gasteiger partial charge in [0.2, 0.25) is 0 Å². The van der Waals surface area contributed by atoms with Crippen molar-refractivity contribution in [2.24, 2.45) is 0 Å². The number of rotatable bonds is 7. The Morgan fingerprint density at radius 2 is 1.85 bits per heavy atom. The fourth-order valence-corrected chi connectivity index (χ4v) is 2.71. The number of nitrogens with one attached hydrogen (secondary N) is 1. The summed E-state index contributed by atoms with van der Waals surface area (Å²) in [7, 11) is 0. The molecule has 136 valence electrons. The SMILES string of the molecule is CCCOc1ccc(F)c2c(=O)c(-c3ccc(OCCO)cc3)c[nH]c12. The van der Waals surface area contributed by atoms with E-state index in [0.29, 0.717) is 34.7 Å². The van der Waals surface area contributed by atoms with E-state index in [1.807, 2.05) is 6.92 Å². The molecule has 2 aromatic carbocycles. The maximum Gasteiger partial charge on any atom is 0.200 e. The molecule has 0 spiro atoms. The second-order valence-electron chi connectivity index (χ2n) is 5.77. The molecule has 0 saturated heterocycles. The van der Waals surface area contributed by atoms with Crippen molar-refractivity contribution in [3.63, 3.8) is 0 Å². The van der Waals surface area contributed by atoms with E-state index in [0.717, 1.165) is 6.42 Å². The largest absolute Gasteiger partial charge is 0.491 e. The summed E-state index contributed by atoms with van der Waals surface area (Å²) in [5, 5.41) is 8.77. The molecule has 0 aliphatic rings. The summed E-state index contributed by atoms with van der Waals surface area (Å²) in [6, 6.07) is 9.61. The number of aliphatic hydroxyl groups is 1. The fraction of sp³-hybridized carbons (Fsp3) is 0.250. The molecule has 1 heterocycles. The van der Waals surface area contributed by atoms with Crippen LogP contribution < -0.4 is 14.9 Å². The predicted octanol–water partition coefficient (Wildman–Crippen LogP) is 3.49. The first-order chi connectivity index (χ1) is 12.7. The van der Waals surface area contributed by atoms with Gasteiger partial charge in [-0.05, 0) is 36.2 Å². The molecule has 0 amide bonds. The number of aromatic amines is 1. The Kier molecular flexibility index (Phi) is 5.53. The van der Waals surface area contributed by atoms with E-state index in [1.54, 1.807) is 30.5 Å². The number of H-pyrrole nitrogens is 1. The molecule has 0 radical (unpaired) electrons. The van der Waals surface area contributed by atoms with Gasteiger partial charge in [-0.25, -0.2) is 4.39 Å². The smallest absolute Gasteiger partial charge is 0.200 e. The number of pyridine rings is 1. The van der Waals surface area contributed by atoms with Gasteiger partial charge in [0.1, 0.15) is 23.9 Å². The van der Waals surface area contributed by atoms with Gasteiger partial charge < -0.3 is 19.6 Å². The third-order valence-corrected chi connectivity index (χ3v) is 3.94. The van der Waals surface area contributed by atoms with Crippen LogP contribution in [0.5, 0.6) is 11.5 Å². The van der Waals surface area contributed by atoms with E-state index in [4.69, 9.17) is 14.6 Å². The first-order valence-electron chi connectivity index (χ1n) is 8.46. The highest BCUT2D eigenvalue weighted by atomic mass is 19.1. The third-order valence-electron chi connectivity index (χ3n) is 3.94. The number of aliphatic hydroxyl groups excluding tert-OH is 1. The summed E-state index contributed by atoms with van der Waals surface area (Å²) in [5.74, 6) is 0.455. The van der Waals surface area contributed by atoms with Gasteiger partial charge in [-0.2, -0.15) is 0 Å². The van der Waals surface area contributed by atoms with Crippen LogP contribution in [0, 0.1) is 5.82 Å². The van der Waals surface area contributed by atoms with E-state index >= 15 is 0 Å². The molecule has 3 aromatic rings. The second-order valence-corrected chi connectivity index (χ2v) is 5.77. The zero-order valence-corrected chi connectivity index (χ0v) is 14.4. The lowest BCUT2D eigenvalue weighted by Crippen LogP contribution is -2.09. The zero-order chi connectivity index (χ0) is 18.5. The summed E-state index contributed by atoms with van der Waals surface area (Å²) in [6.07, 6.45) is 2.37. The maximum atomic E-state index is 14.3. The molecule has 26 heavy (non-hydrogen) atoms. The van der Waals surface area contributed by atoms with Gasteiger partial charge >= 0.3 is 0 Å². The first-order valence-corrected chi connectivity index (χ1v) is 8.46. The van der Waals surface area contributed by atoms with Gasteiger partial charge in [0.25, 0.3) is 0 Å². The molecule has 1 aromatic heterocycles. The highest BCUT2D eigenvalue weighted by Gasteiger charge is 2.15. The average molecular weight is 357 g/mol. The Balaban J connectivity index is 2.04. The van der Waals surface area contributed by atoms with Crippen molar-refractivity contribution < 1.29 is 19.0 Å². The van der Waals surface area contributed by atoms with Gasteiger partial charge in [0.15, 0.2) is 5.43 Å². The van der Waals surface area contributed by atoms with Gasteiger partial charge in [-0.15, -0.1) is 0 Å². The molecular formula is C20H20FNO4. The summed E-state index contributed by atoms with van der Waals surface area (Å²) >= 11 is 0. The molecule has 0 unspecified atom stereocenters. The number of fused-ring (bicyclic) bond motifs is 1. The van der Waals surface area contributed by atoms with Crippen LogP contribution in [0.25, 0.3) is 22.0 Å². The van der Waals surface area contributed by atoms with Crippen LogP contribution in [0.3, 0.4) is 0 Å². The lowest BCUT2D eigenvalue weighted by Gasteiger charge is -2.11. The average Bonchev–Trinajstić information content (AvgIpc) is 2.66. The van der Waals surface area contributed by atoms with Crippen molar-refractivity contribution in [3.8, 4) is 22.6 Å². The second kappa shape index (κ2) is 8.01. The predicted molar refractivity (Wildman–Crippen MR) is 98.3 cm³/mol. The third kappa shape index (κ3) is 3.55. The molecule has 0 saturated carbocycles. The minimum atomic E-state index is -0.588. The van der Waals surface area contributed by atoms with Crippen LogP contribution in [0.1, 0.15) is 13.3 Å². The van der Waals surface area contributed by atoms with Crippen LogP contribution in [0.15, 0.2) is 47.4 Å². The number of ether oxygens (including phenoxy) is 2. The van der Waals surface area contributed by atoms with Gasteiger partial charge in [-0.1, -0.05) is 19.1 Å². The number of hydrogen-bond donors (Lipinski definition) is 2. The highest BCUT2D eigenvalue weighted by molar-refractivity contribution is 5.88. The van der Waals surface area contributed by atoms with Gasteiger partial charge in [0, 0.05) is 11.8 Å². The Labute approximate surface area is 150 Å². The van der Waals surface area contributed by atoms with Gasteiger partial charge in [0.05, 0.1) is 24.1 Å². The topological polar surface area (TPSA) is 71.6 Å². The number of aromatic nitrogens is 1. The van der Waals surface area contributed by atoms with E-state index in [2.05, 4.69) is 4.98 Å². The van der Waals surface area contributed by atoms with Crippen LogP contribution in [0.2, 0.25) is 0 Å². The van der Waals surface area contributed by atoms with Crippen molar-refractivity contribution >= 4 is 10.9 Å². The van der Waals surface area contributed by atoms with Crippen molar-refractivity contribution in [2.45, 2.75) is 13.3 Å². The summed E-state index contributed by atoms with van der Waals surface area (Å²) in [6.45, 7) is 2.58. The Hall–Kier alpha value is -2.86. The van der Waals surface area contributed by atoms with Crippen molar-refractivity contribution in [2.75, 3.05) is 19.8 Å². The van der Waals surface area contributed by atoms with E-state index in [-0.39, 0.29) is 18.6 Å². The Bertz CT molecular complexity index is 950. The summed E-state index contributed by atoms with van der Waals surface area (Å²) in [5.41, 5.74) is 0.957. The van der Waals surface area contributed by atoms with E-state index in [1.165, 1.54) is 12.1 Å². The monoisotopic (exact) mass is 357 g/mol. The zero-order valence-electron chi connectivity index (χ0n) is 14.4. The van der Waals surface area contributed by atoms with Crippen LogP contribution in [0.4, 0.5) is 4.39 Å². The normalized spacial score (nSPS) is 10.9. The molecule has 3 rings (SSSR count). The molecular weight excluding hydrogens is 337 g/mol. The molecule has 0 aliphatic heterocycles. The number of hydrogen-bond acceptors (Lipinski definition) is 4. The number of benzene rings is 2. The first kappa shape index (κ1) is 17.9. The summed E-state index contributed by atoms with van der Waals surface area (Å²) in [4.78, 5) is 15.8. The molecule has 6 heteroatoms. The molecule has 0 fully saturated rings. The van der Waals surface area contributed by atoms with E-state index in [9.17, 15) is 9.18 Å². The molecule has 5 nitrogen and oxygen atoms in total. The van der Waals surface area contributed by atoms with Crippen LogP contribution in [-0.2, 0) is 0 Å². The Morgan fingerprint density at radius 3 is 2.54 bits per heavy atom. The van der Waals surface area contributed by atoms with Crippen molar-refractivity contribution in [1.29, 1.82) is 0 Å². The lowest BCUT2D eigenvalue weighted by molar-refractivity contribution is 0.201. The molecule has 0 atom stereocenters. The molecule has 2 N–H and O–H groups in total. The highest BCUT2D eigenvalue weighted by Crippen LogP contribution is 2.27. The fourth-order valence-electron chi connectivity index (χ4n) is 2.71. The minimum Gasteiger partial charge on any atom is -0.491 e. The van der Waals surface area contributed by atoms with Crippen molar-refractivity contribution in [3.05, 3.63) is 58.6 Å². The standard InChI is InChI=1S/C20H20FNO4/c1-2-10-26-17-8-7-16(21)18-19(17)22-12-15(20(18)24)13-3-5-14(6-4-13)25-11-9-23/h3-8,12,23H,2,9-11H2,1H3,(H,22,24). The lowest BCUT2D eigenvalue weighted by atomic mass is 10.0. The molecule has 0 aliphatic carbocycles. The minimum absolute atomic E-state index is 0.0169. The summed E-state index contributed by atoms with van der Waals surface area (Å²) < 4.78 is 25.2. The quantitative estimate of drug-likeness (QED) is 0.679. The van der Waals surface area contributed by atoms with Gasteiger partial charge in [-0.3, -0.25) is 4.79 Å².